The highest BCUT2D eigenvalue weighted by Crippen LogP contribution is 2.31. The van der Waals surface area contributed by atoms with E-state index in [0.29, 0.717) is 47.2 Å². The van der Waals surface area contributed by atoms with E-state index >= 15 is 0 Å². The molecule has 0 heterocycles. The molecule has 9 rings (SSSR count). The van der Waals surface area contributed by atoms with Gasteiger partial charge in [0.05, 0.1) is 5.56 Å². The molecule has 0 unspecified atom stereocenters. The SMILES string of the molecule is CC(C)c1ccc(O)cc1.CC(C)c1cccc(C(F)(F)F)c1.CC(C)c1cccc(I)c1.CC(C)c1ccccc1Br.CC(C)c1ccccc1Cl.CC(C)c1ccccc1F.CC(C)c1ccccc1I.Cc1ccccc1C(C)C.Cc1ccccc1C(C)C. The van der Waals surface area contributed by atoms with Gasteiger partial charge in [-0.25, -0.2) is 4.39 Å². The first kappa shape index (κ1) is 85.7. The summed E-state index contributed by atoms with van der Waals surface area (Å²) in [5.74, 6) is 4.92. The van der Waals surface area contributed by atoms with Crippen molar-refractivity contribution in [2.24, 2.45) is 0 Å². The summed E-state index contributed by atoms with van der Waals surface area (Å²) < 4.78 is 53.4. The fraction of sp³-hybridized carbons (Fsp3) is 0.357. The topological polar surface area (TPSA) is 20.2 Å². The minimum absolute atomic E-state index is 0.0995. The summed E-state index contributed by atoms with van der Waals surface area (Å²) in [6, 6.07) is 70.2. The molecule has 0 aliphatic heterocycles. The monoisotopic (exact) mass is 1570 g/mol. The number of benzene rings is 9. The van der Waals surface area contributed by atoms with E-state index in [2.05, 4.69) is 293 Å². The van der Waals surface area contributed by atoms with Crippen LogP contribution in [-0.4, -0.2) is 5.11 Å². The summed E-state index contributed by atoms with van der Waals surface area (Å²) in [6.45, 7) is 42.7. The number of hydrogen-bond donors (Lipinski definition) is 1. The number of alkyl halides is 3. The Hall–Kier alpha value is -5.27. The molecule has 0 bridgehead atoms. The zero-order valence-corrected chi connectivity index (χ0v) is 65.6. The molecule has 0 radical (unpaired) electrons. The zero-order valence-electron chi connectivity index (χ0n) is 59.0. The highest BCUT2D eigenvalue weighted by molar-refractivity contribution is 14.1. The summed E-state index contributed by atoms with van der Waals surface area (Å²) in [5, 5.41) is 9.81. The molecule has 0 saturated heterocycles. The van der Waals surface area contributed by atoms with Crippen molar-refractivity contribution in [2.45, 2.75) is 198 Å². The van der Waals surface area contributed by atoms with Crippen molar-refractivity contribution >= 4 is 72.7 Å². The molecule has 504 valence electrons. The maximum atomic E-state index is 12.8. The van der Waals surface area contributed by atoms with E-state index in [1.165, 1.54) is 79.9 Å². The van der Waals surface area contributed by atoms with E-state index in [-0.39, 0.29) is 17.7 Å². The fourth-order valence-electron chi connectivity index (χ4n) is 9.04. The summed E-state index contributed by atoms with van der Waals surface area (Å²) in [5.41, 5.74) is 13.4. The second kappa shape index (κ2) is 46.0. The third kappa shape index (κ3) is 35.3. The van der Waals surface area contributed by atoms with Crippen LogP contribution in [0.4, 0.5) is 17.6 Å². The summed E-state index contributed by atoms with van der Waals surface area (Å²) >= 11 is 14.1. The van der Waals surface area contributed by atoms with Crippen LogP contribution in [0.2, 0.25) is 5.02 Å². The van der Waals surface area contributed by atoms with Gasteiger partial charge in [-0.2, -0.15) is 13.2 Å². The number of aromatic hydroxyl groups is 1. The van der Waals surface area contributed by atoms with Crippen LogP contribution < -0.4 is 0 Å². The lowest BCUT2D eigenvalue weighted by Gasteiger charge is -2.10. The Kier molecular flexibility index (Phi) is 42.4. The third-order valence-corrected chi connectivity index (χ3v) is 17.4. The lowest BCUT2D eigenvalue weighted by Crippen LogP contribution is -2.05. The van der Waals surface area contributed by atoms with Crippen molar-refractivity contribution in [1.82, 2.24) is 0 Å². The molecule has 0 saturated carbocycles. The molecule has 9 heteroatoms. The summed E-state index contributed by atoms with van der Waals surface area (Å²) in [7, 11) is 0. The second-order valence-electron chi connectivity index (χ2n) is 25.5. The van der Waals surface area contributed by atoms with E-state index < -0.39 is 11.7 Å². The highest BCUT2D eigenvalue weighted by atomic mass is 127. The van der Waals surface area contributed by atoms with Crippen LogP contribution >= 0.6 is 72.7 Å². The molecule has 0 amide bonds. The molecule has 93 heavy (non-hydrogen) atoms. The van der Waals surface area contributed by atoms with Gasteiger partial charge in [0, 0.05) is 16.6 Å². The van der Waals surface area contributed by atoms with Crippen molar-refractivity contribution in [3.8, 4) is 5.75 Å². The van der Waals surface area contributed by atoms with Crippen LogP contribution in [-0.2, 0) is 6.18 Å². The Morgan fingerprint density at radius 3 is 1.02 bits per heavy atom. The van der Waals surface area contributed by atoms with Crippen LogP contribution in [0.25, 0.3) is 0 Å². The van der Waals surface area contributed by atoms with Gasteiger partial charge in [0.25, 0.3) is 0 Å². The number of phenolic OH excluding ortho intramolecular Hbond substituents is 1. The van der Waals surface area contributed by atoms with Crippen LogP contribution in [0.3, 0.4) is 0 Å². The zero-order chi connectivity index (χ0) is 70.5. The van der Waals surface area contributed by atoms with Gasteiger partial charge in [0.15, 0.2) is 0 Å². The summed E-state index contributed by atoms with van der Waals surface area (Å²) in [6.07, 6.45) is -4.23. The number of halogens is 8. The molecule has 0 spiro atoms. The number of rotatable bonds is 9. The third-order valence-electron chi connectivity index (χ3n) is 14.7. The second-order valence-corrected chi connectivity index (χ2v) is 29.1. The summed E-state index contributed by atoms with van der Waals surface area (Å²) in [4.78, 5) is 0. The first-order chi connectivity index (χ1) is 43.6. The van der Waals surface area contributed by atoms with E-state index in [4.69, 9.17) is 16.7 Å². The van der Waals surface area contributed by atoms with Crippen molar-refractivity contribution < 1.29 is 22.7 Å². The number of aryl methyl sites for hydroxylation is 2. The molecule has 0 aliphatic carbocycles. The lowest BCUT2D eigenvalue weighted by molar-refractivity contribution is -0.137. The predicted molar refractivity (Wildman–Crippen MR) is 419 cm³/mol. The van der Waals surface area contributed by atoms with E-state index in [1.54, 1.807) is 24.3 Å². The molecule has 0 atom stereocenters. The quantitative estimate of drug-likeness (QED) is 0.113. The minimum atomic E-state index is -4.23. The first-order valence-corrected chi connectivity index (χ1v) is 35.7. The standard InChI is InChI=1S/C10H11F3.2C10H14.C9H11Br.C9H11Cl.C9H11F.2C9H11I.C9H12O/c1-7(2)8-4-3-5-9(6-8)10(11,12)13;2*1-8(2)10-7-5-4-6-9(10)3;3*1-7(2)8-5-3-4-6-9(8)10;1-7(2)8-4-3-5-9(10)6-8;1-7(2)8-5-3-4-6-9(8)10;1-7(2)8-3-5-9(10)6-4-8/h3-7H,1-2H3;2*4-8H,1-3H3;5*3-7H,1-2H3;3-7,10H,1-2H3. The van der Waals surface area contributed by atoms with Gasteiger partial charge < -0.3 is 5.11 Å². The Balaban J connectivity index is 0.000000524. The van der Waals surface area contributed by atoms with Gasteiger partial charge in [0.2, 0.25) is 0 Å². The van der Waals surface area contributed by atoms with Crippen LogP contribution in [0, 0.1) is 26.8 Å². The molecule has 0 fully saturated rings. The van der Waals surface area contributed by atoms with Gasteiger partial charge in [-0.15, -0.1) is 0 Å². The van der Waals surface area contributed by atoms with Crippen LogP contribution in [0.15, 0.2) is 223 Å². The molecular weight excluding hydrogens is 1470 g/mol. The van der Waals surface area contributed by atoms with Gasteiger partial charge in [-0.05, 0) is 228 Å². The van der Waals surface area contributed by atoms with E-state index in [1.807, 2.05) is 76.2 Å². The van der Waals surface area contributed by atoms with Crippen molar-refractivity contribution in [3.63, 3.8) is 0 Å². The molecule has 0 aromatic heterocycles. The van der Waals surface area contributed by atoms with Gasteiger partial charge in [-0.1, -0.05) is 316 Å². The Morgan fingerprint density at radius 2 is 0.710 bits per heavy atom. The average Bonchev–Trinajstić information content (AvgIpc) is 1.28. The predicted octanol–water partition coefficient (Wildman–Crippen LogP) is 29.4. The van der Waals surface area contributed by atoms with E-state index in [9.17, 15) is 17.6 Å². The highest BCUT2D eigenvalue weighted by Gasteiger charge is 2.30. The lowest BCUT2D eigenvalue weighted by atomic mass is 9.99. The minimum Gasteiger partial charge on any atom is -0.508 e. The Bertz CT molecular complexity index is 3070. The van der Waals surface area contributed by atoms with E-state index in [0.717, 1.165) is 22.2 Å². The maximum absolute atomic E-state index is 12.8. The molecule has 9 aromatic carbocycles. The average molecular weight is 1580 g/mol. The van der Waals surface area contributed by atoms with Crippen LogP contribution in [0.1, 0.15) is 245 Å². The smallest absolute Gasteiger partial charge is 0.416 e. The normalized spacial score (nSPS) is 10.6. The van der Waals surface area contributed by atoms with Gasteiger partial charge in [-0.3, -0.25) is 0 Å². The maximum Gasteiger partial charge on any atom is 0.416 e. The van der Waals surface area contributed by atoms with Crippen molar-refractivity contribution in [1.29, 1.82) is 0 Å². The molecule has 1 N–H and O–H groups in total. The van der Waals surface area contributed by atoms with Gasteiger partial charge in [0.1, 0.15) is 11.6 Å². The van der Waals surface area contributed by atoms with Crippen LogP contribution in [0.5, 0.6) is 5.75 Å². The molecular formula is C84H106BrClF4I2O. The van der Waals surface area contributed by atoms with Gasteiger partial charge >= 0.3 is 6.18 Å². The Morgan fingerprint density at radius 1 is 0.355 bits per heavy atom. The molecule has 1 nitrogen and oxygen atoms in total. The van der Waals surface area contributed by atoms with Crippen molar-refractivity contribution in [2.75, 3.05) is 0 Å². The fourth-order valence-corrected chi connectivity index (χ4v) is 11.7. The molecule has 9 aromatic rings. The first-order valence-electron chi connectivity index (χ1n) is 32.4. The van der Waals surface area contributed by atoms with Crippen molar-refractivity contribution in [3.05, 3.63) is 308 Å². The number of hydrogen-bond acceptors (Lipinski definition) is 1. The Labute approximate surface area is 601 Å². The molecule has 0 aliphatic rings. The number of phenols is 1. The largest absolute Gasteiger partial charge is 0.508 e.